The molecular formula is C41H82BrN. The van der Waals surface area contributed by atoms with Crippen molar-refractivity contribution < 1.29 is 0 Å². The Balaban J connectivity index is 0. The minimum absolute atomic E-state index is 0. The van der Waals surface area contributed by atoms with Crippen molar-refractivity contribution in [2.24, 2.45) is 5.92 Å². The fraction of sp³-hybridized carbons (Fsp3) is 0.902. The summed E-state index contributed by atoms with van der Waals surface area (Å²) >= 11 is 0. The third kappa shape index (κ3) is 39.9. The number of unbranched alkanes of at least 4 members (excludes halogenated alkanes) is 24. The van der Waals surface area contributed by atoms with E-state index < -0.39 is 0 Å². The van der Waals surface area contributed by atoms with E-state index in [0.29, 0.717) is 0 Å². The van der Waals surface area contributed by atoms with Gasteiger partial charge in [-0.05, 0) is 96.2 Å². The van der Waals surface area contributed by atoms with Gasteiger partial charge in [-0.1, -0.05) is 168 Å². The van der Waals surface area contributed by atoms with Gasteiger partial charge in [0.15, 0.2) is 0 Å². The van der Waals surface area contributed by atoms with Crippen LogP contribution in [0.3, 0.4) is 0 Å². The Morgan fingerprint density at radius 3 is 0.953 bits per heavy atom. The first-order chi connectivity index (χ1) is 20.7. The van der Waals surface area contributed by atoms with Gasteiger partial charge in [-0.25, -0.2) is 0 Å². The molecule has 43 heavy (non-hydrogen) atoms. The van der Waals surface area contributed by atoms with Gasteiger partial charge in [0.1, 0.15) is 0 Å². The van der Waals surface area contributed by atoms with Gasteiger partial charge < -0.3 is 4.90 Å². The van der Waals surface area contributed by atoms with Crippen molar-refractivity contribution in [2.45, 2.75) is 214 Å². The molecule has 0 fully saturated rings. The topological polar surface area (TPSA) is 3.24 Å². The predicted molar refractivity (Wildman–Crippen MR) is 205 cm³/mol. The van der Waals surface area contributed by atoms with Crippen LogP contribution in [0, 0.1) is 5.92 Å². The Morgan fingerprint density at radius 2 is 0.651 bits per heavy atom. The SMILES string of the molecule is Br.CCCCCCCC/C=C\CCCCCCCCN(CCCCCCCC/C=C\CCCCCCCC)CCC(C)C. The standard InChI is InChI=1S/C41H81N.BrH/c1-5-7-9-11-13-15-17-19-21-23-25-27-29-31-33-35-38-42(40-37-41(3)4)39-36-34-32-30-28-26-24-22-20-18-16-14-12-10-8-6-2;/h19-22,41H,5-18,23-40H2,1-4H3;1H/b21-19-,22-20-;. The largest absolute Gasteiger partial charge is 0.303 e. The van der Waals surface area contributed by atoms with Crippen molar-refractivity contribution in [3.63, 3.8) is 0 Å². The zero-order valence-corrected chi connectivity index (χ0v) is 32.1. The summed E-state index contributed by atoms with van der Waals surface area (Å²) in [5, 5.41) is 0. The molecule has 0 saturated heterocycles. The van der Waals surface area contributed by atoms with Gasteiger partial charge in [-0.2, -0.15) is 0 Å². The highest BCUT2D eigenvalue weighted by molar-refractivity contribution is 8.93. The summed E-state index contributed by atoms with van der Waals surface area (Å²) in [5.41, 5.74) is 0. The van der Waals surface area contributed by atoms with E-state index in [1.54, 1.807) is 0 Å². The maximum Gasteiger partial charge on any atom is -0.00163 e. The second kappa shape index (κ2) is 39.9. The molecule has 0 bridgehead atoms. The Hall–Kier alpha value is -0.0800. The van der Waals surface area contributed by atoms with Crippen molar-refractivity contribution in [3.05, 3.63) is 24.3 Å². The summed E-state index contributed by atoms with van der Waals surface area (Å²) in [4.78, 5) is 2.79. The molecule has 0 radical (unpaired) electrons. The van der Waals surface area contributed by atoms with Crippen LogP contribution in [0.5, 0.6) is 0 Å². The number of nitrogens with zero attached hydrogens (tertiary/aromatic N) is 1. The second-order valence-electron chi connectivity index (χ2n) is 13.9. The first-order valence-corrected chi connectivity index (χ1v) is 19.7. The summed E-state index contributed by atoms with van der Waals surface area (Å²) in [6, 6.07) is 0. The molecule has 0 spiro atoms. The van der Waals surface area contributed by atoms with E-state index in [4.69, 9.17) is 0 Å². The zero-order chi connectivity index (χ0) is 30.6. The molecule has 0 saturated carbocycles. The predicted octanol–water partition coefficient (Wildman–Crippen LogP) is 15.0. The number of allylic oxidation sites excluding steroid dienone is 4. The van der Waals surface area contributed by atoms with E-state index in [0.717, 1.165) is 5.92 Å². The molecule has 0 atom stereocenters. The van der Waals surface area contributed by atoms with Gasteiger partial charge in [0.05, 0.1) is 0 Å². The lowest BCUT2D eigenvalue weighted by Gasteiger charge is -2.23. The van der Waals surface area contributed by atoms with Crippen LogP contribution in [-0.4, -0.2) is 24.5 Å². The van der Waals surface area contributed by atoms with Gasteiger partial charge in [0.25, 0.3) is 0 Å². The van der Waals surface area contributed by atoms with Crippen LogP contribution in [-0.2, 0) is 0 Å². The summed E-state index contributed by atoms with van der Waals surface area (Å²) in [6.07, 6.45) is 50.4. The number of hydrogen-bond donors (Lipinski definition) is 0. The van der Waals surface area contributed by atoms with Crippen LogP contribution < -0.4 is 0 Å². The normalized spacial score (nSPS) is 12.0. The second-order valence-corrected chi connectivity index (χ2v) is 13.9. The molecule has 0 unspecified atom stereocenters. The van der Waals surface area contributed by atoms with Gasteiger partial charge in [0, 0.05) is 0 Å². The molecule has 2 heteroatoms. The van der Waals surface area contributed by atoms with E-state index in [9.17, 15) is 0 Å². The molecule has 0 aliphatic carbocycles. The summed E-state index contributed by atoms with van der Waals surface area (Å²) < 4.78 is 0. The molecule has 1 nitrogen and oxygen atoms in total. The van der Waals surface area contributed by atoms with Crippen molar-refractivity contribution in [1.82, 2.24) is 4.90 Å². The van der Waals surface area contributed by atoms with Crippen LogP contribution in [0.2, 0.25) is 0 Å². The van der Waals surface area contributed by atoms with E-state index in [1.165, 1.54) is 206 Å². The smallest absolute Gasteiger partial charge is 0.00163 e. The molecule has 0 aliphatic heterocycles. The van der Waals surface area contributed by atoms with Crippen molar-refractivity contribution >= 4 is 17.0 Å². The van der Waals surface area contributed by atoms with Gasteiger partial charge in [-0.3, -0.25) is 0 Å². The first-order valence-electron chi connectivity index (χ1n) is 19.7. The highest BCUT2D eigenvalue weighted by Gasteiger charge is 2.06. The van der Waals surface area contributed by atoms with E-state index in [2.05, 4.69) is 56.9 Å². The summed E-state index contributed by atoms with van der Waals surface area (Å²) in [6.45, 7) is 13.3. The van der Waals surface area contributed by atoms with Crippen LogP contribution in [0.25, 0.3) is 0 Å². The Kier molecular flexibility index (Phi) is 41.8. The fourth-order valence-electron chi connectivity index (χ4n) is 5.94. The molecule has 0 aromatic carbocycles. The highest BCUT2D eigenvalue weighted by Crippen LogP contribution is 2.13. The molecule has 0 heterocycles. The summed E-state index contributed by atoms with van der Waals surface area (Å²) in [5.74, 6) is 0.826. The Bertz CT molecular complexity index is 498. The number of halogens is 1. The molecule has 0 amide bonds. The van der Waals surface area contributed by atoms with Crippen molar-refractivity contribution in [2.75, 3.05) is 19.6 Å². The molecule has 0 aromatic rings. The minimum atomic E-state index is 0. The van der Waals surface area contributed by atoms with Crippen LogP contribution in [0.4, 0.5) is 0 Å². The molecule has 0 rings (SSSR count). The average Bonchev–Trinajstić information content (AvgIpc) is 2.98. The maximum atomic E-state index is 2.79. The quantitative estimate of drug-likeness (QED) is 0.0480. The van der Waals surface area contributed by atoms with Crippen LogP contribution in [0.1, 0.15) is 214 Å². The maximum absolute atomic E-state index is 2.79. The molecule has 0 aromatic heterocycles. The molecule has 258 valence electrons. The van der Waals surface area contributed by atoms with Crippen LogP contribution in [0.15, 0.2) is 24.3 Å². The lowest BCUT2D eigenvalue weighted by atomic mass is 10.1. The van der Waals surface area contributed by atoms with Gasteiger partial charge in [0.2, 0.25) is 0 Å². The van der Waals surface area contributed by atoms with Gasteiger partial charge in [-0.15, -0.1) is 17.0 Å². The average molecular weight is 669 g/mol. The van der Waals surface area contributed by atoms with Gasteiger partial charge >= 0.3 is 0 Å². The first kappa shape index (κ1) is 45.0. The van der Waals surface area contributed by atoms with E-state index in [1.807, 2.05) is 0 Å². The third-order valence-corrected chi connectivity index (χ3v) is 8.99. The third-order valence-electron chi connectivity index (χ3n) is 8.99. The van der Waals surface area contributed by atoms with E-state index in [-0.39, 0.29) is 17.0 Å². The number of rotatable bonds is 35. The lowest BCUT2D eigenvalue weighted by Crippen LogP contribution is -2.28. The fourth-order valence-corrected chi connectivity index (χ4v) is 5.94. The summed E-state index contributed by atoms with van der Waals surface area (Å²) in [7, 11) is 0. The van der Waals surface area contributed by atoms with Crippen molar-refractivity contribution in [1.29, 1.82) is 0 Å². The molecule has 0 aliphatic rings. The van der Waals surface area contributed by atoms with E-state index >= 15 is 0 Å². The lowest BCUT2D eigenvalue weighted by molar-refractivity contribution is 0.246. The number of hydrogen-bond acceptors (Lipinski definition) is 1. The zero-order valence-electron chi connectivity index (χ0n) is 30.4. The van der Waals surface area contributed by atoms with Crippen molar-refractivity contribution in [3.8, 4) is 0 Å². The van der Waals surface area contributed by atoms with Crippen LogP contribution >= 0.6 is 17.0 Å². The molecular weight excluding hydrogens is 586 g/mol. The Labute approximate surface area is 284 Å². The highest BCUT2D eigenvalue weighted by atomic mass is 79.9. The molecule has 0 N–H and O–H groups in total. The Morgan fingerprint density at radius 1 is 0.372 bits per heavy atom. The minimum Gasteiger partial charge on any atom is -0.303 e. The monoisotopic (exact) mass is 668 g/mol.